The molecule has 1 aromatic rings. The number of phenols is 1. The van der Waals surface area contributed by atoms with Crippen LogP contribution in [0, 0.1) is 0 Å². The van der Waals surface area contributed by atoms with Crippen LogP contribution >= 0.6 is 24.8 Å². The summed E-state index contributed by atoms with van der Waals surface area (Å²) in [5.74, 6) is 0.200. The predicted octanol–water partition coefficient (Wildman–Crippen LogP) is 2.15. The van der Waals surface area contributed by atoms with Gasteiger partial charge >= 0.3 is 0 Å². The lowest BCUT2D eigenvalue weighted by Gasteiger charge is -2.33. The van der Waals surface area contributed by atoms with Crippen LogP contribution in [-0.2, 0) is 0 Å². The molecule has 1 aliphatic heterocycles. The quantitative estimate of drug-likeness (QED) is 0.897. The van der Waals surface area contributed by atoms with Gasteiger partial charge in [-0.25, -0.2) is 4.39 Å². The molecule has 18 heavy (non-hydrogen) atoms. The summed E-state index contributed by atoms with van der Waals surface area (Å²) in [7, 11) is 0. The van der Waals surface area contributed by atoms with Gasteiger partial charge in [0.15, 0.2) is 0 Å². The lowest BCUT2D eigenvalue weighted by Crippen LogP contribution is -2.45. The number of hydrogen-bond donors (Lipinski definition) is 2. The summed E-state index contributed by atoms with van der Waals surface area (Å²) < 4.78 is 13.1. The van der Waals surface area contributed by atoms with Crippen molar-refractivity contribution in [3.05, 3.63) is 29.8 Å². The number of aromatic hydroxyl groups is 1. The first kappa shape index (κ1) is 17.4. The number of alkyl halides is 1. The van der Waals surface area contributed by atoms with Gasteiger partial charge in [-0.3, -0.25) is 4.90 Å². The first-order chi connectivity index (χ1) is 7.81. The van der Waals surface area contributed by atoms with Gasteiger partial charge in [0.2, 0.25) is 0 Å². The second kappa shape index (κ2) is 8.53. The average molecular weight is 297 g/mol. The van der Waals surface area contributed by atoms with E-state index in [4.69, 9.17) is 0 Å². The normalized spacial score (nSPS) is 17.4. The fourth-order valence-electron chi connectivity index (χ4n) is 2.12. The molecule has 3 nitrogen and oxygen atoms in total. The first-order valence-electron chi connectivity index (χ1n) is 5.61. The summed E-state index contributed by atoms with van der Waals surface area (Å²) >= 11 is 0. The molecule has 1 saturated heterocycles. The zero-order valence-corrected chi connectivity index (χ0v) is 11.6. The summed E-state index contributed by atoms with van der Waals surface area (Å²) in [5, 5.41) is 12.6. The fraction of sp³-hybridized carbons (Fsp3) is 0.500. The standard InChI is InChI=1S/C12H17FN2O.2ClH/c13-9-12(15-6-4-14-5-7-15)10-2-1-3-11(16)8-10;;/h1-3,8,12,14,16H,4-7,9H2;2*1H/t12-;;/m0../s1. The Bertz CT molecular complexity index is 349. The maximum atomic E-state index is 13.1. The molecule has 0 unspecified atom stereocenters. The van der Waals surface area contributed by atoms with Crippen LogP contribution in [-0.4, -0.2) is 42.9 Å². The molecule has 2 N–H and O–H groups in total. The van der Waals surface area contributed by atoms with Crippen molar-refractivity contribution in [1.82, 2.24) is 10.2 Å². The molecule has 1 heterocycles. The molecule has 0 amide bonds. The minimum atomic E-state index is -0.413. The van der Waals surface area contributed by atoms with E-state index in [1.165, 1.54) is 0 Å². The third kappa shape index (κ3) is 4.28. The zero-order valence-electron chi connectivity index (χ0n) is 10.0. The molecule has 1 atom stereocenters. The molecule has 104 valence electrons. The van der Waals surface area contributed by atoms with Crippen LogP contribution in [0.4, 0.5) is 4.39 Å². The maximum absolute atomic E-state index is 13.1. The Morgan fingerprint density at radius 3 is 2.50 bits per heavy atom. The van der Waals surface area contributed by atoms with Crippen molar-refractivity contribution in [2.24, 2.45) is 0 Å². The third-order valence-electron chi connectivity index (χ3n) is 2.99. The molecule has 1 aliphatic rings. The lowest BCUT2D eigenvalue weighted by molar-refractivity contribution is 0.147. The lowest BCUT2D eigenvalue weighted by atomic mass is 10.1. The Balaban J connectivity index is 0.00000144. The molecule has 0 radical (unpaired) electrons. The van der Waals surface area contributed by atoms with Gasteiger partial charge in [-0.2, -0.15) is 0 Å². The van der Waals surface area contributed by atoms with Gasteiger partial charge in [-0.15, -0.1) is 24.8 Å². The Hall–Kier alpha value is -0.550. The van der Waals surface area contributed by atoms with Crippen molar-refractivity contribution in [2.45, 2.75) is 6.04 Å². The zero-order chi connectivity index (χ0) is 11.4. The van der Waals surface area contributed by atoms with E-state index in [-0.39, 0.29) is 36.6 Å². The molecule has 0 saturated carbocycles. The Labute approximate surface area is 119 Å². The average Bonchev–Trinajstić information content (AvgIpc) is 2.31. The SMILES string of the molecule is Cl.Cl.Oc1cccc([C@H](CF)N2CCNCC2)c1. The van der Waals surface area contributed by atoms with Crippen LogP contribution in [0.3, 0.4) is 0 Å². The van der Waals surface area contributed by atoms with Crippen LogP contribution in [0.25, 0.3) is 0 Å². The van der Waals surface area contributed by atoms with Gasteiger partial charge < -0.3 is 10.4 Å². The molecular weight excluding hydrogens is 278 g/mol. The van der Waals surface area contributed by atoms with Crippen molar-refractivity contribution in [3.8, 4) is 5.75 Å². The highest BCUT2D eigenvalue weighted by Gasteiger charge is 2.22. The predicted molar refractivity (Wildman–Crippen MR) is 75.8 cm³/mol. The fourth-order valence-corrected chi connectivity index (χ4v) is 2.12. The van der Waals surface area contributed by atoms with Gasteiger partial charge in [0, 0.05) is 26.2 Å². The first-order valence-corrected chi connectivity index (χ1v) is 5.61. The molecule has 0 aromatic heterocycles. The monoisotopic (exact) mass is 296 g/mol. The molecule has 0 spiro atoms. The maximum Gasteiger partial charge on any atom is 0.115 e. The van der Waals surface area contributed by atoms with Crippen LogP contribution in [0.5, 0.6) is 5.75 Å². The van der Waals surface area contributed by atoms with E-state index in [0.29, 0.717) is 0 Å². The van der Waals surface area contributed by atoms with E-state index in [9.17, 15) is 9.50 Å². The minimum Gasteiger partial charge on any atom is -0.508 e. The summed E-state index contributed by atoms with van der Waals surface area (Å²) in [5.41, 5.74) is 0.851. The van der Waals surface area contributed by atoms with E-state index in [1.54, 1.807) is 18.2 Å². The summed E-state index contributed by atoms with van der Waals surface area (Å²) in [6.45, 7) is 3.09. The number of rotatable bonds is 3. The van der Waals surface area contributed by atoms with Crippen molar-refractivity contribution in [3.63, 3.8) is 0 Å². The molecular formula is C12H19Cl2FN2O. The molecule has 0 bridgehead atoms. The van der Waals surface area contributed by atoms with E-state index >= 15 is 0 Å². The van der Waals surface area contributed by atoms with Gasteiger partial charge in [-0.1, -0.05) is 12.1 Å². The molecule has 6 heteroatoms. The smallest absolute Gasteiger partial charge is 0.115 e. The molecule has 1 aromatic carbocycles. The van der Waals surface area contributed by atoms with Gasteiger partial charge in [0.1, 0.15) is 12.4 Å². The van der Waals surface area contributed by atoms with E-state index in [2.05, 4.69) is 10.2 Å². The topological polar surface area (TPSA) is 35.5 Å². The molecule has 1 fully saturated rings. The highest BCUT2D eigenvalue weighted by molar-refractivity contribution is 5.85. The molecule has 0 aliphatic carbocycles. The number of hydrogen-bond acceptors (Lipinski definition) is 3. The van der Waals surface area contributed by atoms with E-state index < -0.39 is 6.67 Å². The van der Waals surface area contributed by atoms with E-state index in [1.807, 2.05) is 6.07 Å². The Morgan fingerprint density at radius 2 is 1.94 bits per heavy atom. The summed E-state index contributed by atoms with van der Waals surface area (Å²) in [6.07, 6.45) is 0. The number of halogens is 3. The van der Waals surface area contributed by atoms with Gasteiger partial charge in [-0.05, 0) is 17.7 Å². The van der Waals surface area contributed by atoms with Crippen molar-refractivity contribution in [1.29, 1.82) is 0 Å². The highest BCUT2D eigenvalue weighted by atomic mass is 35.5. The minimum absolute atomic E-state index is 0. The summed E-state index contributed by atoms with van der Waals surface area (Å²) in [6, 6.07) is 6.65. The van der Waals surface area contributed by atoms with Crippen molar-refractivity contribution < 1.29 is 9.50 Å². The Kier molecular flexibility index (Phi) is 8.27. The van der Waals surface area contributed by atoms with Crippen LogP contribution in [0.1, 0.15) is 11.6 Å². The van der Waals surface area contributed by atoms with E-state index in [0.717, 1.165) is 31.7 Å². The number of phenolic OH excluding ortho intramolecular Hbond substituents is 1. The third-order valence-corrected chi connectivity index (χ3v) is 2.99. The second-order valence-corrected chi connectivity index (χ2v) is 4.05. The largest absolute Gasteiger partial charge is 0.508 e. The van der Waals surface area contributed by atoms with Crippen LogP contribution in [0.15, 0.2) is 24.3 Å². The number of nitrogens with one attached hydrogen (secondary N) is 1. The second-order valence-electron chi connectivity index (χ2n) is 4.05. The molecule has 2 rings (SSSR count). The number of benzene rings is 1. The van der Waals surface area contributed by atoms with Crippen LogP contribution in [0.2, 0.25) is 0 Å². The van der Waals surface area contributed by atoms with Crippen LogP contribution < -0.4 is 5.32 Å². The van der Waals surface area contributed by atoms with Gasteiger partial charge in [0.25, 0.3) is 0 Å². The number of piperazine rings is 1. The Morgan fingerprint density at radius 1 is 1.28 bits per heavy atom. The van der Waals surface area contributed by atoms with Gasteiger partial charge in [0.05, 0.1) is 6.04 Å². The summed E-state index contributed by atoms with van der Waals surface area (Å²) in [4.78, 5) is 2.12. The highest BCUT2D eigenvalue weighted by Crippen LogP contribution is 2.24. The van der Waals surface area contributed by atoms with Crippen molar-refractivity contribution >= 4 is 24.8 Å². The van der Waals surface area contributed by atoms with Crippen molar-refractivity contribution in [2.75, 3.05) is 32.9 Å². The number of nitrogens with zero attached hydrogens (tertiary/aromatic N) is 1.